The molecule has 0 saturated heterocycles. The molecule has 0 aliphatic heterocycles. The number of carbonyl (C=O) groups excluding carboxylic acids is 1. The Labute approximate surface area is 117 Å². The molecule has 0 fully saturated rings. The molecular formula is C12H9ClN2O3S. The highest BCUT2D eigenvalue weighted by Crippen LogP contribution is 2.21. The average molecular weight is 297 g/mol. The van der Waals surface area contributed by atoms with E-state index in [1.54, 1.807) is 12.1 Å². The summed E-state index contributed by atoms with van der Waals surface area (Å²) < 4.78 is 0.630. The molecular weight excluding hydrogens is 288 g/mol. The first-order valence-electron chi connectivity index (χ1n) is 5.16. The van der Waals surface area contributed by atoms with Crippen LogP contribution < -0.4 is 5.43 Å². The highest BCUT2D eigenvalue weighted by atomic mass is 35.5. The van der Waals surface area contributed by atoms with Crippen LogP contribution in [0.25, 0.3) is 0 Å². The summed E-state index contributed by atoms with van der Waals surface area (Å²) in [5.41, 5.74) is 2.39. The maximum atomic E-state index is 11.7. The number of phenolic OH excluding ortho intramolecular Hbond substituents is 2. The van der Waals surface area contributed by atoms with Crippen molar-refractivity contribution in [2.45, 2.75) is 0 Å². The number of phenols is 2. The Morgan fingerprint density at radius 2 is 1.95 bits per heavy atom. The molecule has 5 nitrogen and oxygen atoms in total. The molecule has 0 unspecified atom stereocenters. The van der Waals surface area contributed by atoms with Crippen molar-refractivity contribution in [2.75, 3.05) is 0 Å². The molecule has 1 aromatic heterocycles. The monoisotopic (exact) mass is 296 g/mol. The molecule has 0 bridgehead atoms. The van der Waals surface area contributed by atoms with E-state index in [2.05, 4.69) is 10.5 Å². The van der Waals surface area contributed by atoms with E-state index in [1.807, 2.05) is 0 Å². The van der Waals surface area contributed by atoms with E-state index in [4.69, 9.17) is 11.6 Å². The predicted octanol–water partition coefficient (Wildman–Crippen LogP) is 2.58. The van der Waals surface area contributed by atoms with Gasteiger partial charge in [0.25, 0.3) is 5.91 Å². The second-order valence-corrected chi connectivity index (χ2v) is 5.33. The number of nitrogens with one attached hydrogen (secondary N) is 1. The van der Waals surface area contributed by atoms with Crippen molar-refractivity contribution in [3.63, 3.8) is 0 Å². The van der Waals surface area contributed by atoms with E-state index in [9.17, 15) is 15.0 Å². The van der Waals surface area contributed by atoms with Gasteiger partial charge in [-0.15, -0.1) is 11.3 Å². The van der Waals surface area contributed by atoms with E-state index in [0.717, 1.165) is 10.9 Å². The minimum Gasteiger partial charge on any atom is -0.508 e. The van der Waals surface area contributed by atoms with Crippen LogP contribution in [0.4, 0.5) is 0 Å². The zero-order valence-corrected chi connectivity index (χ0v) is 11.1. The van der Waals surface area contributed by atoms with Gasteiger partial charge in [-0.25, -0.2) is 5.43 Å². The minimum absolute atomic E-state index is 0.110. The fourth-order valence-corrected chi connectivity index (χ4v) is 2.28. The number of hydrogen-bond donors (Lipinski definition) is 3. The van der Waals surface area contributed by atoms with E-state index < -0.39 is 5.91 Å². The topological polar surface area (TPSA) is 81.9 Å². The number of nitrogens with zero attached hydrogens (tertiary/aromatic N) is 1. The van der Waals surface area contributed by atoms with Crippen molar-refractivity contribution in [1.82, 2.24) is 5.43 Å². The number of hydrazone groups is 1. The van der Waals surface area contributed by atoms with Crippen LogP contribution in [0.3, 0.4) is 0 Å². The third-order valence-electron chi connectivity index (χ3n) is 2.12. The summed E-state index contributed by atoms with van der Waals surface area (Å²) in [5, 5.41) is 22.3. The van der Waals surface area contributed by atoms with Gasteiger partial charge >= 0.3 is 0 Å². The molecule has 0 radical (unpaired) electrons. The minimum atomic E-state index is -0.537. The quantitative estimate of drug-likeness (QED) is 0.601. The summed E-state index contributed by atoms with van der Waals surface area (Å²) in [5.74, 6) is -0.927. The number of hydrogen-bond acceptors (Lipinski definition) is 5. The Morgan fingerprint density at radius 1 is 1.26 bits per heavy atom. The zero-order valence-electron chi connectivity index (χ0n) is 9.50. The third kappa shape index (κ3) is 3.70. The molecule has 1 amide bonds. The highest BCUT2D eigenvalue weighted by molar-refractivity contribution is 7.17. The first-order chi connectivity index (χ1) is 9.04. The Bertz CT molecular complexity index is 619. The SMILES string of the molecule is O=C(NN=Cc1ccc(Cl)s1)c1cc(O)cc(O)c1. The van der Waals surface area contributed by atoms with Gasteiger partial charge in [-0.3, -0.25) is 4.79 Å². The largest absolute Gasteiger partial charge is 0.508 e. The van der Waals surface area contributed by atoms with Crippen molar-refractivity contribution in [3.05, 3.63) is 45.1 Å². The predicted molar refractivity (Wildman–Crippen MR) is 74.2 cm³/mol. The van der Waals surface area contributed by atoms with Gasteiger partial charge in [-0.2, -0.15) is 5.10 Å². The fraction of sp³-hybridized carbons (Fsp3) is 0. The van der Waals surface area contributed by atoms with Crippen LogP contribution in [-0.2, 0) is 0 Å². The second kappa shape index (κ2) is 5.73. The van der Waals surface area contributed by atoms with E-state index in [1.165, 1.54) is 29.7 Å². The van der Waals surface area contributed by atoms with Crippen LogP contribution in [0.5, 0.6) is 11.5 Å². The van der Waals surface area contributed by atoms with Gasteiger partial charge in [-0.1, -0.05) is 11.6 Å². The summed E-state index contributed by atoms with van der Waals surface area (Å²) in [7, 11) is 0. The summed E-state index contributed by atoms with van der Waals surface area (Å²) in [4.78, 5) is 12.5. The normalized spacial score (nSPS) is 10.8. The summed E-state index contributed by atoms with van der Waals surface area (Å²) >= 11 is 7.07. The highest BCUT2D eigenvalue weighted by Gasteiger charge is 2.07. The molecule has 1 heterocycles. The third-order valence-corrected chi connectivity index (χ3v) is 3.28. The van der Waals surface area contributed by atoms with E-state index >= 15 is 0 Å². The molecule has 0 atom stereocenters. The number of benzene rings is 1. The molecule has 0 aliphatic rings. The van der Waals surface area contributed by atoms with Gasteiger partial charge in [0.2, 0.25) is 0 Å². The number of rotatable bonds is 3. The van der Waals surface area contributed by atoms with Crippen LogP contribution in [0.15, 0.2) is 35.4 Å². The number of aromatic hydroxyl groups is 2. The van der Waals surface area contributed by atoms with Crippen molar-refractivity contribution < 1.29 is 15.0 Å². The van der Waals surface area contributed by atoms with E-state index in [0.29, 0.717) is 4.34 Å². The Morgan fingerprint density at radius 3 is 2.53 bits per heavy atom. The fourth-order valence-electron chi connectivity index (χ4n) is 1.34. The van der Waals surface area contributed by atoms with Crippen LogP contribution in [0.2, 0.25) is 4.34 Å². The maximum absolute atomic E-state index is 11.7. The van der Waals surface area contributed by atoms with Crippen LogP contribution in [-0.4, -0.2) is 22.3 Å². The van der Waals surface area contributed by atoms with Gasteiger partial charge < -0.3 is 10.2 Å². The molecule has 0 saturated carbocycles. The molecule has 2 rings (SSSR count). The number of amides is 1. The van der Waals surface area contributed by atoms with Gasteiger partial charge in [0.05, 0.1) is 10.6 Å². The van der Waals surface area contributed by atoms with Crippen LogP contribution >= 0.6 is 22.9 Å². The second-order valence-electron chi connectivity index (χ2n) is 3.58. The number of carbonyl (C=O) groups is 1. The van der Waals surface area contributed by atoms with Crippen molar-refractivity contribution >= 4 is 35.1 Å². The summed E-state index contributed by atoms with van der Waals surface area (Å²) in [6.07, 6.45) is 1.46. The van der Waals surface area contributed by atoms with E-state index in [-0.39, 0.29) is 17.1 Å². The lowest BCUT2D eigenvalue weighted by molar-refractivity contribution is 0.0954. The average Bonchev–Trinajstić information content (AvgIpc) is 2.73. The maximum Gasteiger partial charge on any atom is 0.271 e. The molecule has 2 aromatic rings. The molecule has 19 heavy (non-hydrogen) atoms. The first-order valence-corrected chi connectivity index (χ1v) is 6.36. The smallest absolute Gasteiger partial charge is 0.271 e. The van der Waals surface area contributed by atoms with Gasteiger partial charge in [-0.05, 0) is 24.3 Å². The Balaban J connectivity index is 2.03. The van der Waals surface area contributed by atoms with Crippen molar-refractivity contribution in [3.8, 4) is 11.5 Å². The zero-order chi connectivity index (χ0) is 13.8. The lowest BCUT2D eigenvalue weighted by atomic mass is 10.2. The van der Waals surface area contributed by atoms with Gasteiger partial charge in [0, 0.05) is 16.5 Å². The summed E-state index contributed by atoms with van der Waals surface area (Å²) in [6.45, 7) is 0. The van der Waals surface area contributed by atoms with Gasteiger partial charge in [0.1, 0.15) is 11.5 Å². The number of halogens is 1. The van der Waals surface area contributed by atoms with Gasteiger partial charge in [0.15, 0.2) is 0 Å². The van der Waals surface area contributed by atoms with Crippen molar-refractivity contribution in [1.29, 1.82) is 0 Å². The first kappa shape index (κ1) is 13.4. The van der Waals surface area contributed by atoms with Crippen molar-refractivity contribution in [2.24, 2.45) is 5.10 Å². The Hall–Kier alpha value is -2.05. The Kier molecular flexibility index (Phi) is 4.03. The van der Waals surface area contributed by atoms with Crippen LogP contribution in [0, 0.1) is 0 Å². The number of thiophene rings is 1. The molecule has 0 aliphatic carbocycles. The lowest BCUT2D eigenvalue weighted by Crippen LogP contribution is -2.17. The van der Waals surface area contributed by atoms with Crippen LogP contribution in [0.1, 0.15) is 15.2 Å². The molecule has 7 heteroatoms. The molecule has 98 valence electrons. The molecule has 0 spiro atoms. The molecule has 1 aromatic carbocycles. The standard InChI is InChI=1S/C12H9ClN2O3S/c13-11-2-1-10(19-11)6-14-15-12(18)7-3-8(16)5-9(17)4-7/h1-6,16-17H,(H,15,18). The lowest BCUT2D eigenvalue weighted by Gasteiger charge is -2.01. The molecule has 3 N–H and O–H groups in total. The summed E-state index contributed by atoms with van der Waals surface area (Å²) in [6, 6.07) is 7.08.